The number of benzene rings is 1. The van der Waals surface area contributed by atoms with Crippen LogP contribution in [0.3, 0.4) is 0 Å². The van der Waals surface area contributed by atoms with Crippen molar-refractivity contribution < 1.29 is 9.53 Å². The normalized spacial score (nSPS) is 21.7. The molecule has 74 valence electrons. The van der Waals surface area contributed by atoms with Gasteiger partial charge in [0.05, 0.1) is 12.6 Å². The Hall–Kier alpha value is -1.35. The standard InChI is InChI=1S/C11H13NO2/c13-11-8-14-7-10(12-11)6-9-4-2-1-3-5-9/h1-5,10H,6-8H2,(H,12,13)/t10-/m1/s1. The molecule has 14 heavy (non-hydrogen) atoms. The van der Waals surface area contributed by atoms with E-state index < -0.39 is 0 Å². The zero-order valence-electron chi connectivity index (χ0n) is 7.90. The summed E-state index contributed by atoms with van der Waals surface area (Å²) in [6.07, 6.45) is 0.840. The zero-order chi connectivity index (χ0) is 9.80. The molecule has 0 bridgehead atoms. The van der Waals surface area contributed by atoms with Crippen molar-refractivity contribution in [1.82, 2.24) is 5.32 Å². The highest BCUT2D eigenvalue weighted by molar-refractivity contribution is 5.78. The topological polar surface area (TPSA) is 38.3 Å². The van der Waals surface area contributed by atoms with Gasteiger partial charge in [0, 0.05) is 0 Å². The quantitative estimate of drug-likeness (QED) is 0.749. The minimum atomic E-state index is -0.0165. The van der Waals surface area contributed by atoms with Gasteiger partial charge in [0.25, 0.3) is 0 Å². The van der Waals surface area contributed by atoms with Crippen molar-refractivity contribution in [2.45, 2.75) is 12.5 Å². The van der Waals surface area contributed by atoms with Gasteiger partial charge in [-0.3, -0.25) is 4.79 Å². The number of rotatable bonds is 2. The van der Waals surface area contributed by atoms with E-state index in [1.807, 2.05) is 18.2 Å². The summed E-state index contributed by atoms with van der Waals surface area (Å²) < 4.78 is 5.15. The maximum atomic E-state index is 11.0. The highest BCUT2D eigenvalue weighted by Crippen LogP contribution is 2.05. The summed E-state index contributed by atoms with van der Waals surface area (Å²) in [5.74, 6) is -0.0165. The molecule has 1 atom stereocenters. The molecule has 0 unspecified atom stereocenters. The van der Waals surface area contributed by atoms with E-state index in [9.17, 15) is 4.79 Å². The van der Waals surface area contributed by atoms with Crippen LogP contribution in [0.15, 0.2) is 30.3 Å². The summed E-state index contributed by atoms with van der Waals surface area (Å²) in [7, 11) is 0. The molecule has 0 saturated carbocycles. The molecule has 1 aliphatic rings. The summed E-state index contributed by atoms with van der Waals surface area (Å²) in [4.78, 5) is 11.0. The van der Waals surface area contributed by atoms with Gasteiger partial charge in [-0.15, -0.1) is 0 Å². The third-order valence-corrected chi connectivity index (χ3v) is 2.24. The Morgan fingerprint density at radius 3 is 2.86 bits per heavy atom. The lowest BCUT2D eigenvalue weighted by atomic mass is 10.1. The van der Waals surface area contributed by atoms with E-state index in [4.69, 9.17) is 4.74 Å². The van der Waals surface area contributed by atoms with E-state index in [1.165, 1.54) is 5.56 Å². The highest BCUT2D eigenvalue weighted by Gasteiger charge is 2.18. The third-order valence-electron chi connectivity index (χ3n) is 2.24. The van der Waals surface area contributed by atoms with Crippen LogP contribution < -0.4 is 5.32 Å². The van der Waals surface area contributed by atoms with E-state index >= 15 is 0 Å². The van der Waals surface area contributed by atoms with Gasteiger partial charge < -0.3 is 10.1 Å². The fraction of sp³-hybridized carbons (Fsp3) is 0.364. The number of ether oxygens (including phenoxy) is 1. The Balaban J connectivity index is 1.94. The van der Waals surface area contributed by atoms with Crippen molar-refractivity contribution in [3.8, 4) is 0 Å². The fourth-order valence-corrected chi connectivity index (χ4v) is 1.61. The molecule has 1 heterocycles. The lowest BCUT2D eigenvalue weighted by molar-refractivity contribution is -0.131. The molecule has 2 rings (SSSR count). The fourth-order valence-electron chi connectivity index (χ4n) is 1.61. The molecule has 3 nitrogen and oxygen atoms in total. The van der Waals surface area contributed by atoms with Crippen LogP contribution in [-0.2, 0) is 16.0 Å². The van der Waals surface area contributed by atoms with E-state index in [0.717, 1.165) is 6.42 Å². The van der Waals surface area contributed by atoms with Gasteiger partial charge in [0.1, 0.15) is 6.61 Å². The molecule has 0 aromatic heterocycles. The van der Waals surface area contributed by atoms with Crippen LogP contribution in [0.5, 0.6) is 0 Å². The van der Waals surface area contributed by atoms with Gasteiger partial charge in [-0.1, -0.05) is 30.3 Å². The van der Waals surface area contributed by atoms with Crippen molar-refractivity contribution in [2.24, 2.45) is 0 Å². The SMILES string of the molecule is O=C1COC[C@@H](Cc2ccccc2)N1. The Morgan fingerprint density at radius 2 is 2.14 bits per heavy atom. The molecular formula is C11H13NO2. The Kier molecular flexibility index (Phi) is 2.79. The summed E-state index contributed by atoms with van der Waals surface area (Å²) in [6, 6.07) is 10.2. The maximum Gasteiger partial charge on any atom is 0.246 e. The Bertz CT molecular complexity index is 310. The predicted octanol–water partition coefficient (Wildman–Crippen LogP) is 0.744. The monoisotopic (exact) mass is 191 g/mol. The molecule has 1 aromatic carbocycles. The minimum absolute atomic E-state index is 0.0165. The average molecular weight is 191 g/mol. The van der Waals surface area contributed by atoms with Gasteiger partial charge >= 0.3 is 0 Å². The van der Waals surface area contributed by atoms with Crippen molar-refractivity contribution >= 4 is 5.91 Å². The van der Waals surface area contributed by atoms with Crippen molar-refractivity contribution in [3.05, 3.63) is 35.9 Å². The lowest BCUT2D eigenvalue weighted by Crippen LogP contribution is -2.46. The van der Waals surface area contributed by atoms with Crippen LogP contribution in [0.1, 0.15) is 5.56 Å². The van der Waals surface area contributed by atoms with E-state index in [1.54, 1.807) is 0 Å². The number of morpholine rings is 1. The maximum absolute atomic E-state index is 11.0. The molecule has 1 amide bonds. The molecule has 0 spiro atoms. The number of amides is 1. The highest BCUT2D eigenvalue weighted by atomic mass is 16.5. The lowest BCUT2D eigenvalue weighted by Gasteiger charge is -2.23. The van der Waals surface area contributed by atoms with Crippen LogP contribution in [-0.4, -0.2) is 25.2 Å². The summed E-state index contributed by atoms with van der Waals surface area (Å²) >= 11 is 0. The molecule has 1 aromatic rings. The zero-order valence-corrected chi connectivity index (χ0v) is 7.90. The van der Waals surface area contributed by atoms with E-state index in [2.05, 4.69) is 17.4 Å². The first kappa shape index (κ1) is 9.21. The summed E-state index contributed by atoms with van der Waals surface area (Å²) in [6.45, 7) is 0.811. The molecule has 1 fully saturated rings. The van der Waals surface area contributed by atoms with Crippen LogP contribution in [0.25, 0.3) is 0 Å². The summed E-state index contributed by atoms with van der Waals surface area (Å²) in [5, 5.41) is 2.90. The number of hydrogen-bond acceptors (Lipinski definition) is 2. The van der Waals surface area contributed by atoms with Crippen molar-refractivity contribution in [1.29, 1.82) is 0 Å². The number of carbonyl (C=O) groups excluding carboxylic acids is 1. The first-order valence-electron chi connectivity index (χ1n) is 4.75. The van der Waals surface area contributed by atoms with Crippen LogP contribution in [0.2, 0.25) is 0 Å². The van der Waals surface area contributed by atoms with Crippen molar-refractivity contribution in [2.75, 3.05) is 13.2 Å². The Morgan fingerprint density at radius 1 is 1.36 bits per heavy atom. The average Bonchev–Trinajstić information content (AvgIpc) is 2.19. The van der Waals surface area contributed by atoms with Gasteiger partial charge in [-0.25, -0.2) is 0 Å². The molecule has 1 saturated heterocycles. The van der Waals surface area contributed by atoms with Crippen LogP contribution >= 0.6 is 0 Å². The summed E-state index contributed by atoms with van der Waals surface area (Å²) in [5.41, 5.74) is 1.23. The number of nitrogens with one attached hydrogen (secondary N) is 1. The van der Waals surface area contributed by atoms with E-state index in [0.29, 0.717) is 6.61 Å². The van der Waals surface area contributed by atoms with Gasteiger partial charge in [0.15, 0.2) is 0 Å². The first-order valence-corrected chi connectivity index (χ1v) is 4.75. The molecule has 0 radical (unpaired) electrons. The molecule has 3 heteroatoms. The van der Waals surface area contributed by atoms with Gasteiger partial charge in [-0.2, -0.15) is 0 Å². The first-order chi connectivity index (χ1) is 6.84. The molecule has 1 N–H and O–H groups in total. The predicted molar refractivity (Wildman–Crippen MR) is 52.9 cm³/mol. The largest absolute Gasteiger partial charge is 0.369 e. The van der Waals surface area contributed by atoms with Crippen LogP contribution in [0, 0.1) is 0 Å². The smallest absolute Gasteiger partial charge is 0.246 e. The van der Waals surface area contributed by atoms with Crippen molar-refractivity contribution in [3.63, 3.8) is 0 Å². The number of carbonyl (C=O) groups is 1. The van der Waals surface area contributed by atoms with E-state index in [-0.39, 0.29) is 18.6 Å². The Labute approximate surface area is 83.1 Å². The van der Waals surface area contributed by atoms with Crippen LogP contribution in [0.4, 0.5) is 0 Å². The number of hydrogen-bond donors (Lipinski definition) is 1. The molecule has 1 aliphatic heterocycles. The van der Waals surface area contributed by atoms with Gasteiger partial charge in [-0.05, 0) is 12.0 Å². The third kappa shape index (κ3) is 2.33. The second-order valence-electron chi connectivity index (χ2n) is 3.47. The molecule has 0 aliphatic carbocycles. The second kappa shape index (κ2) is 4.24. The molecular weight excluding hydrogens is 178 g/mol. The second-order valence-corrected chi connectivity index (χ2v) is 3.47. The minimum Gasteiger partial charge on any atom is -0.369 e. The van der Waals surface area contributed by atoms with Gasteiger partial charge in [0.2, 0.25) is 5.91 Å².